The third kappa shape index (κ3) is 1.72. The van der Waals surface area contributed by atoms with Gasteiger partial charge >= 0.3 is 0 Å². The molecule has 0 saturated carbocycles. The third-order valence-electron chi connectivity index (χ3n) is 2.49. The standard InChI is InChI=1S/C9H17NO3/c1-5(2)13-7-4-12-8-6(10)3-11-9(7)8/h5-9H,3-4,10H2,1-2H3. The fourth-order valence-corrected chi connectivity index (χ4v) is 1.96. The third-order valence-corrected chi connectivity index (χ3v) is 2.49. The van der Waals surface area contributed by atoms with Crippen molar-refractivity contribution in [1.82, 2.24) is 0 Å². The summed E-state index contributed by atoms with van der Waals surface area (Å²) in [5.74, 6) is 0. The molecule has 0 aromatic rings. The van der Waals surface area contributed by atoms with Crippen LogP contribution in [0.15, 0.2) is 0 Å². The number of hydrogen-bond acceptors (Lipinski definition) is 4. The van der Waals surface area contributed by atoms with E-state index in [-0.39, 0.29) is 30.5 Å². The van der Waals surface area contributed by atoms with Crippen molar-refractivity contribution in [3.05, 3.63) is 0 Å². The van der Waals surface area contributed by atoms with E-state index in [0.717, 1.165) is 0 Å². The van der Waals surface area contributed by atoms with Crippen molar-refractivity contribution in [2.24, 2.45) is 5.73 Å². The number of rotatable bonds is 2. The summed E-state index contributed by atoms with van der Waals surface area (Å²) >= 11 is 0. The van der Waals surface area contributed by atoms with Gasteiger partial charge in [-0.05, 0) is 13.8 Å². The van der Waals surface area contributed by atoms with Crippen molar-refractivity contribution in [3.63, 3.8) is 0 Å². The Balaban J connectivity index is 1.94. The average Bonchev–Trinajstić information content (AvgIpc) is 2.56. The summed E-state index contributed by atoms with van der Waals surface area (Å²) in [4.78, 5) is 0. The Morgan fingerprint density at radius 3 is 2.62 bits per heavy atom. The normalized spacial score (nSPS) is 44.3. The van der Waals surface area contributed by atoms with Gasteiger partial charge < -0.3 is 19.9 Å². The highest BCUT2D eigenvalue weighted by Gasteiger charge is 2.47. The summed E-state index contributed by atoms with van der Waals surface area (Å²) in [5, 5.41) is 0. The van der Waals surface area contributed by atoms with Crippen LogP contribution < -0.4 is 5.73 Å². The van der Waals surface area contributed by atoms with Crippen LogP contribution in [-0.4, -0.2) is 43.7 Å². The maximum absolute atomic E-state index is 5.81. The van der Waals surface area contributed by atoms with Crippen molar-refractivity contribution in [2.45, 2.75) is 44.3 Å². The smallest absolute Gasteiger partial charge is 0.114 e. The molecule has 2 aliphatic heterocycles. The van der Waals surface area contributed by atoms with Crippen molar-refractivity contribution in [3.8, 4) is 0 Å². The first-order chi connectivity index (χ1) is 6.18. The molecule has 76 valence electrons. The molecule has 2 fully saturated rings. The second-order valence-electron chi connectivity index (χ2n) is 3.98. The Bertz CT molecular complexity index is 186. The molecule has 4 atom stereocenters. The molecule has 0 spiro atoms. The van der Waals surface area contributed by atoms with Crippen LogP contribution in [0.4, 0.5) is 0 Å². The van der Waals surface area contributed by atoms with E-state index < -0.39 is 0 Å². The maximum atomic E-state index is 5.81. The highest BCUT2D eigenvalue weighted by atomic mass is 16.6. The predicted molar refractivity (Wildman–Crippen MR) is 47.5 cm³/mol. The van der Waals surface area contributed by atoms with Crippen LogP contribution in [0.5, 0.6) is 0 Å². The van der Waals surface area contributed by atoms with Crippen LogP contribution >= 0.6 is 0 Å². The largest absolute Gasteiger partial charge is 0.371 e. The molecule has 0 aliphatic carbocycles. The molecule has 0 amide bonds. The lowest BCUT2D eigenvalue weighted by atomic mass is 10.1. The highest BCUT2D eigenvalue weighted by molar-refractivity contribution is 4.96. The lowest BCUT2D eigenvalue weighted by Crippen LogP contribution is -2.37. The van der Waals surface area contributed by atoms with E-state index in [1.165, 1.54) is 0 Å². The quantitative estimate of drug-likeness (QED) is 0.656. The molecule has 0 aromatic heterocycles. The van der Waals surface area contributed by atoms with Crippen molar-refractivity contribution < 1.29 is 14.2 Å². The van der Waals surface area contributed by atoms with Crippen LogP contribution in [0.3, 0.4) is 0 Å². The van der Waals surface area contributed by atoms with Crippen molar-refractivity contribution in [1.29, 1.82) is 0 Å². The van der Waals surface area contributed by atoms with Crippen LogP contribution in [0.2, 0.25) is 0 Å². The summed E-state index contributed by atoms with van der Waals surface area (Å²) in [6.45, 7) is 5.24. The topological polar surface area (TPSA) is 53.7 Å². The molecule has 4 unspecified atom stereocenters. The van der Waals surface area contributed by atoms with Crippen LogP contribution in [0, 0.1) is 0 Å². The van der Waals surface area contributed by atoms with E-state index in [1.54, 1.807) is 0 Å². The summed E-state index contributed by atoms with van der Waals surface area (Å²) in [6, 6.07) is 0.0192. The van der Waals surface area contributed by atoms with E-state index in [4.69, 9.17) is 19.9 Å². The van der Waals surface area contributed by atoms with Gasteiger partial charge in [-0.25, -0.2) is 0 Å². The second kappa shape index (κ2) is 3.53. The molecule has 2 N–H and O–H groups in total. The lowest BCUT2D eigenvalue weighted by Gasteiger charge is -2.18. The number of nitrogens with two attached hydrogens (primary N) is 1. The molecule has 2 saturated heterocycles. The molecule has 2 heterocycles. The lowest BCUT2D eigenvalue weighted by molar-refractivity contribution is -0.0572. The van der Waals surface area contributed by atoms with E-state index in [0.29, 0.717) is 13.2 Å². The molecular formula is C9H17NO3. The summed E-state index contributed by atoms with van der Waals surface area (Å²) in [7, 11) is 0. The molecule has 4 heteroatoms. The monoisotopic (exact) mass is 187 g/mol. The molecule has 13 heavy (non-hydrogen) atoms. The summed E-state index contributed by atoms with van der Waals surface area (Å²) in [5.41, 5.74) is 5.81. The summed E-state index contributed by atoms with van der Waals surface area (Å²) < 4.78 is 16.7. The fourth-order valence-electron chi connectivity index (χ4n) is 1.96. The predicted octanol–water partition coefficient (Wildman–Crippen LogP) is -0.0951. The van der Waals surface area contributed by atoms with Gasteiger partial charge in [-0.3, -0.25) is 0 Å². The zero-order valence-electron chi connectivity index (χ0n) is 8.10. The van der Waals surface area contributed by atoms with Crippen LogP contribution in [0.1, 0.15) is 13.8 Å². The van der Waals surface area contributed by atoms with Gasteiger partial charge in [-0.2, -0.15) is 0 Å². The first-order valence-electron chi connectivity index (χ1n) is 4.82. The van der Waals surface area contributed by atoms with Crippen LogP contribution in [0.25, 0.3) is 0 Å². The van der Waals surface area contributed by atoms with Gasteiger partial charge in [0.15, 0.2) is 0 Å². The zero-order chi connectivity index (χ0) is 9.42. The number of ether oxygens (including phenoxy) is 3. The van der Waals surface area contributed by atoms with E-state index in [1.807, 2.05) is 13.8 Å². The van der Waals surface area contributed by atoms with Crippen molar-refractivity contribution in [2.75, 3.05) is 13.2 Å². The molecule has 4 nitrogen and oxygen atoms in total. The molecule has 0 aromatic carbocycles. The minimum Gasteiger partial charge on any atom is -0.371 e. The van der Waals surface area contributed by atoms with Crippen molar-refractivity contribution >= 4 is 0 Å². The Hall–Kier alpha value is -0.160. The molecule has 2 aliphatic rings. The SMILES string of the molecule is CC(C)OC1COC2C(N)COC12. The Morgan fingerprint density at radius 2 is 1.92 bits per heavy atom. The summed E-state index contributed by atoms with van der Waals surface area (Å²) in [6.07, 6.45) is 0.382. The minimum atomic E-state index is 0.0192. The fraction of sp³-hybridized carbons (Fsp3) is 1.00. The molecular weight excluding hydrogens is 170 g/mol. The van der Waals surface area contributed by atoms with E-state index in [9.17, 15) is 0 Å². The van der Waals surface area contributed by atoms with Gasteiger partial charge in [0.1, 0.15) is 18.3 Å². The van der Waals surface area contributed by atoms with Gasteiger partial charge in [-0.1, -0.05) is 0 Å². The van der Waals surface area contributed by atoms with Gasteiger partial charge in [-0.15, -0.1) is 0 Å². The molecule has 0 bridgehead atoms. The Morgan fingerprint density at radius 1 is 1.23 bits per heavy atom. The first kappa shape index (κ1) is 9.40. The van der Waals surface area contributed by atoms with Gasteiger partial charge in [0, 0.05) is 0 Å². The van der Waals surface area contributed by atoms with E-state index in [2.05, 4.69) is 0 Å². The first-order valence-corrected chi connectivity index (χ1v) is 4.82. The maximum Gasteiger partial charge on any atom is 0.114 e. The van der Waals surface area contributed by atoms with Gasteiger partial charge in [0.05, 0.1) is 25.4 Å². The second-order valence-corrected chi connectivity index (χ2v) is 3.98. The number of hydrogen-bond donors (Lipinski definition) is 1. The molecule has 2 rings (SSSR count). The minimum absolute atomic E-state index is 0.0192. The molecule has 0 radical (unpaired) electrons. The van der Waals surface area contributed by atoms with Gasteiger partial charge in [0.25, 0.3) is 0 Å². The van der Waals surface area contributed by atoms with Gasteiger partial charge in [0.2, 0.25) is 0 Å². The Labute approximate surface area is 78.3 Å². The van der Waals surface area contributed by atoms with E-state index >= 15 is 0 Å². The average molecular weight is 187 g/mol. The Kier molecular flexibility index (Phi) is 2.55. The number of fused-ring (bicyclic) bond motifs is 1. The highest BCUT2D eigenvalue weighted by Crippen LogP contribution is 2.28. The zero-order valence-corrected chi connectivity index (χ0v) is 8.10. The van der Waals surface area contributed by atoms with Crippen LogP contribution in [-0.2, 0) is 14.2 Å².